The molecule has 0 radical (unpaired) electrons. The Morgan fingerprint density at radius 3 is 2.38 bits per heavy atom. The first-order chi connectivity index (χ1) is 16.5. The Labute approximate surface area is 205 Å². The highest BCUT2D eigenvalue weighted by Gasteiger charge is 2.29. The number of carbonyl (C=O) groups is 2. The second-order valence-corrected chi connectivity index (χ2v) is 10.3. The number of carbonyl (C=O) groups excluding carboxylic acids is 2. The summed E-state index contributed by atoms with van der Waals surface area (Å²) in [6.07, 6.45) is 13.7. The van der Waals surface area contributed by atoms with Gasteiger partial charge in [-0.05, 0) is 68.7 Å². The Morgan fingerprint density at radius 1 is 1.06 bits per heavy atom. The standard InChI is InChI=1S/C27H31ClN4O2/c1-17-12-23(28)14-21(13-18-8-10-32(11-9-18)27(34)20-4-2-3-5-20)24(17)31-26(33)22-15-29-25(30-16-22)19-6-7-19/h12-16,19-20H,2-11H2,1H3,(H,31,33). The molecule has 178 valence electrons. The van der Waals surface area contributed by atoms with Gasteiger partial charge in [0.2, 0.25) is 5.91 Å². The lowest BCUT2D eigenvalue weighted by atomic mass is 9.97. The smallest absolute Gasteiger partial charge is 0.258 e. The van der Waals surface area contributed by atoms with Crippen molar-refractivity contribution in [2.45, 2.75) is 64.2 Å². The largest absolute Gasteiger partial charge is 0.342 e. The van der Waals surface area contributed by atoms with Crippen LogP contribution in [0.4, 0.5) is 5.69 Å². The zero-order valence-electron chi connectivity index (χ0n) is 19.6. The molecule has 2 amide bonds. The van der Waals surface area contributed by atoms with E-state index in [1.165, 1.54) is 18.4 Å². The van der Waals surface area contributed by atoms with E-state index < -0.39 is 0 Å². The fourth-order valence-electron chi connectivity index (χ4n) is 5.06. The van der Waals surface area contributed by atoms with Crippen LogP contribution in [0, 0.1) is 12.8 Å². The molecule has 1 aromatic carbocycles. The van der Waals surface area contributed by atoms with Gasteiger partial charge in [0.05, 0.1) is 11.3 Å². The van der Waals surface area contributed by atoms with Crippen LogP contribution in [0.3, 0.4) is 0 Å². The Morgan fingerprint density at radius 2 is 1.74 bits per heavy atom. The third-order valence-corrected chi connectivity index (χ3v) is 7.45. The number of amides is 2. The van der Waals surface area contributed by atoms with Crippen molar-refractivity contribution >= 4 is 35.2 Å². The topological polar surface area (TPSA) is 75.2 Å². The van der Waals surface area contributed by atoms with E-state index in [0.717, 1.165) is 74.3 Å². The van der Waals surface area contributed by atoms with Gasteiger partial charge in [-0.3, -0.25) is 9.59 Å². The maximum Gasteiger partial charge on any atom is 0.258 e. The van der Waals surface area contributed by atoms with E-state index in [4.69, 9.17) is 11.6 Å². The van der Waals surface area contributed by atoms with Gasteiger partial charge in [0.25, 0.3) is 5.91 Å². The normalized spacial score (nSPS) is 18.8. The monoisotopic (exact) mass is 478 g/mol. The van der Waals surface area contributed by atoms with Crippen molar-refractivity contribution in [3.05, 3.63) is 57.6 Å². The summed E-state index contributed by atoms with van der Waals surface area (Å²) in [5, 5.41) is 3.69. The molecule has 1 saturated heterocycles. The Hall–Kier alpha value is -2.73. The van der Waals surface area contributed by atoms with E-state index in [1.807, 2.05) is 24.0 Å². The minimum atomic E-state index is -0.232. The molecule has 2 aromatic rings. The number of rotatable bonds is 5. The molecule has 2 aliphatic carbocycles. The van der Waals surface area contributed by atoms with Gasteiger partial charge < -0.3 is 10.2 Å². The summed E-state index contributed by atoms with van der Waals surface area (Å²) in [7, 11) is 0. The predicted molar refractivity (Wildman–Crippen MR) is 134 cm³/mol. The molecule has 1 N–H and O–H groups in total. The molecule has 2 saturated carbocycles. The van der Waals surface area contributed by atoms with Crippen LogP contribution in [0.2, 0.25) is 5.02 Å². The molecule has 1 aromatic heterocycles. The van der Waals surface area contributed by atoms with Crippen LogP contribution in [0.1, 0.15) is 84.6 Å². The fraction of sp³-hybridized carbons (Fsp3) is 0.481. The maximum absolute atomic E-state index is 12.9. The molecule has 5 rings (SSSR count). The Balaban J connectivity index is 1.29. The Bertz CT molecular complexity index is 1110. The third-order valence-electron chi connectivity index (χ3n) is 7.23. The van der Waals surface area contributed by atoms with Crippen LogP contribution in [0.15, 0.2) is 30.1 Å². The summed E-state index contributed by atoms with van der Waals surface area (Å²) in [4.78, 5) is 36.5. The lowest BCUT2D eigenvalue weighted by Crippen LogP contribution is -2.39. The van der Waals surface area contributed by atoms with Crippen molar-refractivity contribution in [2.24, 2.45) is 5.92 Å². The molecule has 7 heteroatoms. The predicted octanol–water partition coefficient (Wildman–Crippen LogP) is 5.76. The summed E-state index contributed by atoms with van der Waals surface area (Å²) in [5.74, 6) is 1.60. The van der Waals surface area contributed by atoms with Crippen molar-refractivity contribution in [3.8, 4) is 0 Å². The summed E-state index contributed by atoms with van der Waals surface area (Å²) < 4.78 is 0. The van der Waals surface area contributed by atoms with Gasteiger partial charge in [-0.2, -0.15) is 0 Å². The van der Waals surface area contributed by atoms with Gasteiger partial charge >= 0.3 is 0 Å². The summed E-state index contributed by atoms with van der Waals surface area (Å²) in [6, 6.07) is 3.74. The fourth-order valence-corrected chi connectivity index (χ4v) is 5.34. The molecular weight excluding hydrogens is 448 g/mol. The van der Waals surface area contributed by atoms with Crippen molar-refractivity contribution in [1.82, 2.24) is 14.9 Å². The third kappa shape index (κ3) is 5.17. The van der Waals surface area contributed by atoms with Gasteiger partial charge in [-0.1, -0.05) is 36.1 Å². The summed E-state index contributed by atoms with van der Waals surface area (Å²) >= 11 is 6.37. The zero-order chi connectivity index (χ0) is 23.7. The van der Waals surface area contributed by atoms with Gasteiger partial charge in [0.15, 0.2) is 0 Å². The van der Waals surface area contributed by atoms with Gasteiger partial charge in [-0.25, -0.2) is 9.97 Å². The van der Waals surface area contributed by atoms with Crippen molar-refractivity contribution in [3.63, 3.8) is 0 Å². The average Bonchev–Trinajstić information content (AvgIpc) is 3.55. The lowest BCUT2D eigenvalue weighted by molar-refractivity contribution is -0.135. The van der Waals surface area contributed by atoms with Crippen LogP contribution in [0.25, 0.3) is 6.08 Å². The number of likely N-dealkylation sites (tertiary alicyclic amines) is 1. The number of halogens is 1. The van der Waals surface area contributed by atoms with Gasteiger partial charge in [0.1, 0.15) is 5.82 Å². The molecule has 3 fully saturated rings. The molecule has 0 bridgehead atoms. The van der Waals surface area contributed by atoms with E-state index in [2.05, 4.69) is 21.4 Å². The number of hydrogen-bond donors (Lipinski definition) is 1. The molecule has 0 unspecified atom stereocenters. The lowest BCUT2D eigenvalue weighted by Gasteiger charge is -2.30. The number of nitrogens with one attached hydrogen (secondary N) is 1. The minimum absolute atomic E-state index is 0.227. The Kier molecular flexibility index (Phi) is 6.68. The number of benzene rings is 1. The summed E-state index contributed by atoms with van der Waals surface area (Å²) in [6.45, 7) is 3.46. The average molecular weight is 479 g/mol. The van der Waals surface area contributed by atoms with Crippen molar-refractivity contribution in [1.29, 1.82) is 0 Å². The molecular formula is C27H31ClN4O2. The number of aromatic nitrogens is 2. The number of nitrogens with zero attached hydrogens (tertiary/aromatic N) is 3. The first-order valence-electron chi connectivity index (χ1n) is 12.4. The van der Waals surface area contributed by atoms with E-state index in [-0.39, 0.29) is 11.8 Å². The van der Waals surface area contributed by atoms with E-state index >= 15 is 0 Å². The van der Waals surface area contributed by atoms with Crippen LogP contribution < -0.4 is 5.32 Å². The van der Waals surface area contributed by atoms with Crippen LogP contribution in [0.5, 0.6) is 0 Å². The number of aryl methyl sites for hydroxylation is 1. The highest BCUT2D eigenvalue weighted by Crippen LogP contribution is 2.37. The highest BCUT2D eigenvalue weighted by atomic mass is 35.5. The maximum atomic E-state index is 12.9. The van der Waals surface area contributed by atoms with Crippen LogP contribution >= 0.6 is 11.6 Å². The SMILES string of the molecule is Cc1cc(Cl)cc(C=C2CCN(C(=O)C3CCCC3)CC2)c1NC(=O)c1cnc(C2CC2)nc1. The van der Waals surface area contributed by atoms with Gasteiger partial charge in [-0.15, -0.1) is 0 Å². The first-order valence-corrected chi connectivity index (χ1v) is 12.8. The molecule has 6 nitrogen and oxygen atoms in total. The second-order valence-electron chi connectivity index (χ2n) is 9.85. The quantitative estimate of drug-likeness (QED) is 0.592. The molecule has 34 heavy (non-hydrogen) atoms. The minimum Gasteiger partial charge on any atom is -0.342 e. The van der Waals surface area contributed by atoms with Gasteiger partial charge in [0, 0.05) is 42.3 Å². The van der Waals surface area contributed by atoms with E-state index in [0.29, 0.717) is 22.4 Å². The zero-order valence-corrected chi connectivity index (χ0v) is 20.4. The molecule has 0 spiro atoms. The second kappa shape index (κ2) is 9.87. The highest BCUT2D eigenvalue weighted by molar-refractivity contribution is 6.31. The molecule has 2 heterocycles. The molecule has 3 aliphatic rings. The van der Waals surface area contributed by atoms with E-state index in [9.17, 15) is 9.59 Å². The molecule has 1 aliphatic heterocycles. The number of piperidine rings is 1. The van der Waals surface area contributed by atoms with Crippen molar-refractivity contribution in [2.75, 3.05) is 18.4 Å². The van der Waals surface area contributed by atoms with E-state index in [1.54, 1.807) is 12.4 Å². The van der Waals surface area contributed by atoms with Crippen molar-refractivity contribution < 1.29 is 9.59 Å². The summed E-state index contributed by atoms with van der Waals surface area (Å²) in [5.41, 5.74) is 4.25. The first kappa shape index (κ1) is 23.0. The van der Waals surface area contributed by atoms with Crippen LogP contribution in [-0.2, 0) is 4.79 Å². The number of hydrogen-bond acceptors (Lipinski definition) is 4. The molecule has 0 atom stereocenters. The number of anilines is 1. The van der Waals surface area contributed by atoms with Crippen LogP contribution in [-0.4, -0.2) is 39.8 Å².